The van der Waals surface area contributed by atoms with E-state index < -0.39 is 0 Å². The van der Waals surface area contributed by atoms with E-state index in [9.17, 15) is 9.18 Å². The molecule has 0 saturated carbocycles. The van der Waals surface area contributed by atoms with E-state index in [1.165, 1.54) is 12.1 Å². The molecule has 1 aromatic carbocycles. The third-order valence-corrected chi connectivity index (χ3v) is 3.83. The lowest BCUT2D eigenvalue weighted by molar-refractivity contribution is -0.120. The summed E-state index contributed by atoms with van der Waals surface area (Å²) in [5.41, 5.74) is 1.38. The van der Waals surface area contributed by atoms with Gasteiger partial charge >= 0.3 is 0 Å². The molecule has 5 nitrogen and oxygen atoms in total. The van der Waals surface area contributed by atoms with Crippen molar-refractivity contribution in [2.45, 2.75) is 19.3 Å². The Balaban J connectivity index is 1.49. The zero-order valence-corrected chi connectivity index (χ0v) is 12.8. The third kappa shape index (κ3) is 4.63. The topological polar surface area (TPSA) is 64.4 Å². The van der Waals surface area contributed by atoms with Gasteiger partial charge in [-0.1, -0.05) is 17.3 Å². The van der Waals surface area contributed by atoms with Crippen LogP contribution in [-0.4, -0.2) is 30.8 Å². The first kappa shape index (κ1) is 15.7. The first-order valence-electron chi connectivity index (χ1n) is 7.72. The van der Waals surface area contributed by atoms with Crippen molar-refractivity contribution in [3.8, 4) is 0 Å². The smallest absolute Gasteiger partial charge is 0.226 e. The highest BCUT2D eigenvalue weighted by Crippen LogP contribution is 2.13. The molecule has 1 aliphatic heterocycles. The van der Waals surface area contributed by atoms with Crippen molar-refractivity contribution in [2.75, 3.05) is 19.8 Å². The molecule has 0 radical (unpaired) electrons. The van der Waals surface area contributed by atoms with E-state index in [0.29, 0.717) is 36.9 Å². The predicted octanol–water partition coefficient (Wildman–Crippen LogP) is 2.10. The van der Waals surface area contributed by atoms with E-state index in [1.54, 1.807) is 12.1 Å². The number of carbonyl (C=O) groups excluding carboxylic acids is 1. The van der Waals surface area contributed by atoms with Crippen LogP contribution in [0.15, 0.2) is 34.9 Å². The summed E-state index contributed by atoms with van der Waals surface area (Å²) in [6.45, 7) is 2.11. The Hall–Kier alpha value is -2.21. The monoisotopic (exact) mass is 318 g/mol. The Morgan fingerprint density at radius 3 is 3.09 bits per heavy atom. The largest absolute Gasteiger partial charge is 0.381 e. The number of nitrogens with one attached hydrogen (secondary N) is 1. The average molecular weight is 318 g/mol. The minimum absolute atomic E-state index is 0.0810. The molecule has 23 heavy (non-hydrogen) atoms. The fourth-order valence-electron chi connectivity index (χ4n) is 2.60. The van der Waals surface area contributed by atoms with Crippen molar-refractivity contribution in [1.29, 1.82) is 0 Å². The number of hydrogen-bond acceptors (Lipinski definition) is 4. The molecule has 1 aliphatic rings. The summed E-state index contributed by atoms with van der Waals surface area (Å²) >= 11 is 0. The van der Waals surface area contributed by atoms with Crippen molar-refractivity contribution in [3.63, 3.8) is 0 Å². The molecule has 1 fully saturated rings. The van der Waals surface area contributed by atoms with Crippen LogP contribution < -0.4 is 5.32 Å². The number of benzene rings is 1. The molecule has 0 bridgehead atoms. The summed E-state index contributed by atoms with van der Waals surface area (Å²) in [6, 6.07) is 8.07. The normalized spacial score (nSPS) is 17.3. The second kappa shape index (κ2) is 7.37. The molecule has 3 rings (SSSR count). The summed E-state index contributed by atoms with van der Waals surface area (Å²) in [5.74, 6) is 0.655. The van der Waals surface area contributed by atoms with Crippen molar-refractivity contribution in [3.05, 3.63) is 53.2 Å². The number of nitrogens with zero attached hydrogens (tertiary/aromatic N) is 1. The maximum absolute atomic E-state index is 13.2. The molecule has 2 aromatic rings. The highest BCUT2D eigenvalue weighted by Gasteiger charge is 2.17. The number of halogens is 1. The quantitative estimate of drug-likeness (QED) is 0.886. The number of rotatable bonds is 6. The highest BCUT2D eigenvalue weighted by atomic mass is 19.1. The van der Waals surface area contributed by atoms with E-state index in [4.69, 9.17) is 9.26 Å². The second-order valence-corrected chi connectivity index (χ2v) is 5.80. The molecule has 1 N–H and O–H groups in total. The van der Waals surface area contributed by atoms with Crippen LogP contribution in [0.5, 0.6) is 0 Å². The number of amides is 1. The van der Waals surface area contributed by atoms with Gasteiger partial charge in [-0.3, -0.25) is 4.79 Å². The van der Waals surface area contributed by atoms with Crippen LogP contribution in [0.25, 0.3) is 0 Å². The minimum atomic E-state index is -0.280. The molecule has 1 amide bonds. The van der Waals surface area contributed by atoms with Gasteiger partial charge < -0.3 is 14.6 Å². The number of ether oxygens (including phenoxy) is 1. The molecule has 0 aliphatic carbocycles. The molecule has 1 atom stereocenters. The van der Waals surface area contributed by atoms with Gasteiger partial charge in [0.25, 0.3) is 0 Å². The Bertz CT molecular complexity index is 665. The maximum Gasteiger partial charge on any atom is 0.226 e. The minimum Gasteiger partial charge on any atom is -0.381 e. The van der Waals surface area contributed by atoms with Crippen molar-refractivity contribution in [1.82, 2.24) is 10.5 Å². The van der Waals surface area contributed by atoms with E-state index in [0.717, 1.165) is 18.6 Å². The molecule has 0 spiro atoms. The van der Waals surface area contributed by atoms with Crippen molar-refractivity contribution < 1.29 is 18.4 Å². The Morgan fingerprint density at radius 1 is 1.39 bits per heavy atom. The third-order valence-electron chi connectivity index (χ3n) is 3.83. The van der Waals surface area contributed by atoms with Crippen LogP contribution in [0.2, 0.25) is 0 Å². The zero-order valence-electron chi connectivity index (χ0n) is 12.8. The molecule has 2 heterocycles. The number of aromatic nitrogens is 1. The molecule has 1 aromatic heterocycles. The van der Waals surface area contributed by atoms with Gasteiger partial charge in [0.15, 0.2) is 0 Å². The number of hydrogen-bond donors (Lipinski definition) is 1. The van der Waals surface area contributed by atoms with Crippen molar-refractivity contribution >= 4 is 5.91 Å². The van der Waals surface area contributed by atoms with Crippen LogP contribution in [0.1, 0.15) is 23.4 Å². The Kier molecular flexibility index (Phi) is 5.02. The van der Waals surface area contributed by atoms with Gasteiger partial charge in [0, 0.05) is 31.6 Å². The fourth-order valence-corrected chi connectivity index (χ4v) is 2.60. The maximum atomic E-state index is 13.2. The molecular formula is C17H19FN2O3. The molecule has 6 heteroatoms. The van der Waals surface area contributed by atoms with Gasteiger partial charge in [0.05, 0.1) is 18.7 Å². The lowest BCUT2D eigenvalue weighted by atomic mass is 10.1. The van der Waals surface area contributed by atoms with E-state index >= 15 is 0 Å². The highest BCUT2D eigenvalue weighted by molar-refractivity contribution is 5.78. The van der Waals surface area contributed by atoms with E-state index in [1.807, 2.05) is 6.07 Å². The van der Waals surface area contributed by atoms with Gasteiger partial charge in [0.2, 0.25) is 5.91 Å². The van der Waals surface area contributed by atoms with Crippen LogP contribution in [0.3, 0.4) is 0 Å². The van der Waals surface area contributed by atoms with Gasteiger partial charge in [-0.15, -0.1) is 0 Å². The van der Waals surface area contributed by atoms with Gasteiger partial charge in [-0.05, 0) is 24.1 Å². The fraction of sp³-hybridized carbons (Fsp3) is 0.412. The van der Waals surface area contributed by atoms with Gasteiger partial charge in [-0.2, -0.15) is 0 Å². The molecule has 122 valence electrons. The van der Waals surface area contributed by atoms with E-state index in [-0.39, 0.29) is 18.1 Å². The molecule has 1 saturated heterocycles. The lowest BCUT2D eigenvalue weighted by Crippen LogP contribution is -2.30. The molecule has 1 unspecified atom stereocenters. The van der Waals surface area contributed by atoms with Crippen molar-refractivity contribution in [2.24, 2.45) is 5.92 Å². The SMILES string of the molecule is O=C(Cc1cc(Cc2cccc(F)c2)on1)NCC1CCOC1. The second-order valence-electron chi connectivity index (χ2n) is 5.80. The predicted molar refractivity (Wildman–Crippen MR) is 81.3 cm³/mol. The van der Waals surface area contributed by atoms with Crippen LogP contribution in [0, 0.1) is 11.7 Å². The number of carbonyl (C=O) groups is 1. The summed E-state index contributed by atoms with van der Waals surface area (Å²) in [4.78, 5) is 11.9. The standard InChI is InChI=1S/C17H19FN2O3/c18-14-3-1-2-12(6-14)7-16-8-15(20-23-16)9-17(21)19-10-13-4-5-22-11-13/h1-3,6,8,13H,4-5,7,9-11H2,(H,19,21). The van der Waals surface area contributed by atoms with E-state index in [2.05, 4.69) is 10.5 Å². The summed E-state index contributed by atoms with van der Waals surface area (Å²) in [5, 5.41) is 6.79. The first-order valence-corrected chi connectivity index (χ1v) is 7.72. The first-order chi connectivity index (χ1) is 11.2. The van der Waals surface area contributed by atoms with Crippen LogP contribution in [-0.2, 0) is 22.4 Å². The molecular weight excluding hydrogens is 299 g/mol. The Labute approximate surface area is 133 Å². The van der Waals surface area contributed by atoms with Gasteiger partial charge in [-0.25, -0.2) is 4.39 Å². The van der Waals surface area contributed by atoms with Gasteiger partial charge in [0.1, 0.15) is 11.6 Å². The zero-order chi connectivity index (χ0) is 16.1. The summed E-state index contributed by atoms with van der Waals surface area (Å²) in [7, 11) is 0. The van der Waals surface area contributed by atoms with Crippen LogP contribution >= 0.6 is 0 Å². The lowest BCUT2D eigenvalue weighted by Gasteiger charge is -2.08. The average Bonchev–Trinajstić information content (AvgIpc) is 3.17. The summed E-state index contributed by atoms with van der Waals surface area (Å²) in [6.07, 6.45) is 1.62. The Morgan fingerprint density at radius 2 is 2.30 bits per heavy atom. The summed E-state index contributed by atoms with van der Waals surface area (Å²) < 4.78 is 23.6. The van der Waals surface area contributed by atoms with Crippen LogP contribution in [0.4, 0.5) is 4.39 Å².